The van der Waals surface area contributed by atoms with Crippen molar-refractivity contribution in [3.8, 4) is 0 Å². The Balaban J connectivity index is 2.29. The molecule has 0 unspecified atom stereocenters. The van der Waals surface area contributed by atoms with Gasteiger partial charge in [0.2, 0.25) is 0 Å². The lowest BCUT2D eigenvalue weighted by molar-refractivity contribution is 1.14. The summed E-state index contributed by atoms with van der Waals surface area (Å²) in [6.45, 7) is 0.687. The second-order valence-electron chi connectivity index (χ2n) is 5.33. The Labute approximate surface area is 133 Å². The van der Waals surface area contributed by atoms with E-state index in [1.54, 1.807) is 0 Å². The Hall–Kier alpha value is -1.95. The van der Waals surface area contributed by atoms with Gasteiger partial charge in [-0.05, 0) is 35.9 Å². The summed E-state index contributed by atoms with van der Waals surface area (Å²) in [4.78, 5) is 0. The summed E-state index contributed by atoms with van der Waals surface area (Å²) in [5.74, 6) is 0. The van der Waals surface area contributed by atoms with E-state index in [1.807, 2.05) is 0 Å². The highest BCUT2D eigenvalue weighted by atomic mass is 31.2. The van der Waals surface area contributed by atoms with Crippen molar-refractivity contribution in [1.82, 2.24) is 0 Å². The van der Waals surface area contributed by atoms with Crippen LogP contribution in [-0.4, -0.2) is 12.7 Å². The minimum Gasteiger partial charge on any atom is -0.330 e. The minimum absolute atomic E-state index is 0.687. The molecule has 22 heavy (non-hydrogen) atoms. The molecule has 0 saturated heterocycles. The summed E-state index contributed by atoms with van der Waals surface area (Å²) in [6.07, 6.45) is 0.991. The Bertz CT molecular complexity index is 599. The normalized spacial score (nSPS) is 11.3. The standard InChI is InChI=1S/C20H21NP/c21-16-17-22(18-10-4-1-5-11-18,19-12-6-2-7-13-19)20-14-8-3-9-15-20/h1-15H,16-17,21H2. The van der Waals surface area contributed by atoms with Crippen molar-refractivity contribution in [2.75, 3.05) is 12.7 Å². The van der Waals surface area contributed by atoms with E-state index < -0.39 is 7.26 Å². The largest absolute Gasteiger partial charge is 0.330 e. The van der Waals surface area contributed by atoms with E-state index in [9.17, 15) is 0 Å². The van der Waals surface area contributed by atoms with Crippen LogP contribution < -0.4 is 21.6 Å². The van der Waals surface area contributed by atoms with Crippen molar-refractivity contribution >= 4 is 23.2 Å². The zero-order valence-electron chi connectivity index (χ0n) is 12.6. The van der Waals surface area contributed by atoms with Crippen LogP contribution in [0.4, 0.5) is 0 Å². The van der Waals surface area contributed by atoms with Gasteiger partial charge in [-0.3, -0.25) is 0 Å². The van der Waals surface area contributed by atoms with Crippen molar-refractivity contribution in [2.45, 2.75) is 0 Å². The third-order valence-corrected chi connectivity index (χ3v) is 8.52. The molecule has 0 aliphatic heterocycles. The average Bonchev–Trinajstić information content (AvgIpc) is 2.62. The lowest BCUT2D eigenvalue weighted by Crippen LogP contribution is -2.35. The van der Waals surface area contributed by atoms with Crippen molar-refractivity contribution in [1.29, 1.82) is 0 Å². The zero-order chi connectivity index (χ0) is 15.3. The van der Waals surface area contributed by atoms with Gasteiger partial charge in [-0.1, -0.05) is 91.0 Å². The van der Waals surface area contributed by atoms with Gasteiger partial charge in [0, 0.05) is 0 Å². The molecule has 0 aromatic heterocycles. The molecule has 3 aromatic rings. The molecule has 0 spiro atoms. The first-order valence-corrected chi connectivity index (χ1v) is 9.60. The molecule has 0 aliphatic rings. The monoisotopic (exact) mass is 306 g/mol. The Morgan fingerprint density at radius 1 is 0.545 bits per heavy atom. The molecule has 0 saturated carbocycles. The topological polar surface area (TPSA) is 26.0 Å². The van der Waals surface area contributed by atoms with Crippen molar-refractivity contribution in [3.05, 3.63) is 91.0 Å². The maximum Gasteiger partial charge on any atom is -0.00320 e. The number of hydrogen-bond acceptors (Lipinski definition) is 1. The van der Waals surface area contributed by atoms with Gasteiger partial charge in [-0.15, -0.1) is 0 Å². The van der Waals surface area contributed by atoms with Crippen LogP contribution in [0, 0.1) is 0 Å². The first-order chi connectivity index (χ1) is 10.9. The van der Waals surface area contributed by atoms with Gasteiger partial charge < -0.3 is 5.73 Å². The molecule has 1 nitrogen and oxygen atoms in total. The molecule has 0 fully saturated rings. The summed E-state index contributed by atoms with van der Waals surface area (Å²) in [5, 5.41) is 4.20. The van der Waals surface area contributed by atoms with Crippen LogP contribution in [0.3, 0.4) is 0 Å². The molecular formula is C20H21NP. The first kappa shape index (κ1) is 15.0. The second-order valence-corrected chi connectivity index (χ2v) is 8.94. The number of nitrogens with two attached hydrogens (primary N) is 1. The molecule has 111 valence electrons. The summed E-state index contributed by atoms with van der Waals surface area (Å²) in [5.41, 5.74) is 6.05. The van der Waals surface area contributed by atoms with E-state index in [1.165, 1.54) is 15.9 Å². The van der Waals surface area contributed by atoms with E-state index in [0.717, 1.165) is 6.16 Å². The van der Waals surface area contributed by atoms with Crippen molar-refractivity contribution in [2.24, 2.45) is 5.73 Å². The Morgan fingerprint density at radius 3 is 1.14 bits per heavy atom. The summed E-state index contributed by atoms with van der Waals surface area (Å²) in [6, 6.07) is 32.5. The molecule has 2 heteroatoms. The zero-order valence-corrected chi connectivity index (χ0v) is 13.5. The predicted octanol–water partition coefficient (Wildman–Crippen LogP) is 2.94. The van der Waals surface area contributed by atoms with E-state index in [-0.39, 0.29) is 0 Å². The molecule has 3 rings (SSSR count). The number of rotatable bonds is 5. The molecule has 1 radical (unpaired) electrons. The third-order valence-electron chi connectivity index (χ3n) is 4.06. The van der Waals surface area contributed by atoms with Crippen molar-refractivity contribution < 1.29 is 0 Å². The lowest BCUT2D eigenvalue weighted by atomic mass is 10.4. The highest BCUT2D eigenvalue weighted by molar-refractivity contribution is 7.95. The second kappa shape index (κ2) is 6.87. The van der Waals surface area contributed by atoms with Gasteiger partial charge in [-0.25, -0.2) is 0 Å². The van der Waals surface area contributed by atoms with Crippen LogP contribution in [0.1, 0.15) is 0 Å². The molecular weight excluding hydrogens is 285 g/mol. The number of hydrogen-bond donors (Lipinski definition) is 1. The van der Waals surface area contributed by atoms with Gasteiger partial charge >= 0.3 is 0 Å². The van der Waals surface area contributed by atoms with Gasteiger partial charge in [0.25, 0.3) is 0 Å². The lowest BCUT2D eigenvalue weighted by Gasteiger charge is -2.38. The fourth-order valence-corrected chi connectivity index (χ4v) is 7.18. The van der Waals surface area contributed by atoms with Gasteiger partial charge in [-0.2, -0.15) is 0 Å². The van der Waals surface area contributed by atoms with E-state index in [0.29, 0.717) is 6.54 Å². The molecule has 2 N–H and O–H groups in total. The first-order valence-electron chi connectivity index (χ1n) is 7.63. The van der Waals surface area contributed by atoms with Crippen LogP contribution in [0.5, 0.6) is 0 Å². The van der Waals surface area contributed by atoms with Crippen LogP contribution >= 0.6 is 7.26 Å². The third kappa shape index (κ3) is 2.70. The Morgan fingerprint density at radius 2 is 0.864 bits per heavy atom. The molecule has 0 heterocycles. The summed E-state index contributed by atoms with van der Waals surface area (Å²) < 4.78 is 0. The molecule has 0 bridgehead atoms. The van der Waals surface area contributed by atoms with Crippen LogP contribution in [0.2, 0.25) is 0 Å². The highest BCUT2D eigenvalue weighted by Gasteiger charge is 2.32. The maximum absolute atomic E-state index is 6.05. The van der Waals surface area contributed by atoms with Gasteiger partial charge in [0.1, 0.15) is 0 Å². The average molecular weight is 306 g/mol. The number of benzene rings is 3. The van der Waals surface area contributed by atoms with E-state index >= 15 is 0 Å². The summed E-state index contributed by atoms with van der Waals surface area (Å²) in [7, 11) is -1.68. The smallest absolute Gasteiger partial charge is 0.00320 e. The molecule has 0 atom stereocenters. The van der Waals surface area contributed by atoms with E-state index in [4.69, 9.17) is 5.73 Å². The molecule has 0 aliphatic carbocycles. The highest BCUT2D eigenvalue weighted by Crippen LogP contribution is 2.54. The molecule has 3 aromatic carbocycles. The maximum atomic E-state index is 6.05. The van der Waals surface area contributed by atoms with Crippen LogP contribution in [0.15, 0.2) is 91.0 Å². The minimum atomic E-state index is -1.68. The fourth-order valence-electron chi connectivity index (χ4n) is 3.08. The fraction of sp³-hybridized carbons (Fsp3) is 0.100. The Kier molecular flexibility index (Phi) is 4.68. The van der Waals surface area contributed by atoms with Gasteiger partial charge in [0.15, 0.2) is 0 Å². The van der Waals surface area contributed by atoms with Gasteiger partial charge in [0.05, 0.1) is 0 Å². The molecule has 0 amide bonds. The van der Waals surface area contributed by atoms with Crippen LogP contribution in [0.25, 0.3) is 0 Å². The van der Waals surface area contributed by atoms with Crippen LogP contribution in [-0.2, 0) is 0 Å². The SMILES string of the molecule is NCC[P](c1ccccc1)(c1ccccc1)c1ccccc1. The predicted molar refractivity (Wildman–Crippen MR) is 99.1 cm³/mol. The van der Waals surface area contributed by atoms with Crippen molar-refractivity contribution in [3.63, 3.8) is 0 Å². The summed E-state index contributed by atoms with van der Waals surface area (Å²) >= 11 is 0. The van der Waals surface area contributed by atoms with E-state index in [2.05, 4.69) is 91.0 Å². The quantitative estimate of drug-likeness (QED) is 0.721.